The summed E-state index contributed by atoms with van der Waals surface area (Å²) in [4.78, 5) is 19.3. The molecule has 25 heavy (non-hydrogen) atoms. The fourth-order valence-electron chi connectivity index (χ4n) is 4.04. The first-order valence-corrected chi connectivity index (χ1v) is 9.62. The number of nitrogens with zero attached hydrogens (tertiary/aromatic N) is 5. The maximum absolute atomic E-state index is 12.2. The molecule has 0 radical (unpaired) electrons. The standard InChI is InChI=1S/C19H25N5O/c25-19-8-7-17(14-3-4-14)21-24(19)12-16-2-1-10-22(16)13-18-20-9-11-23(18)15-5-6-15/h7-9,11,14-16H,1-6,10,12-13H2. The Hall–Kier alpha value is -1.95. The Balaban J connectivity index is 1.32. The number of hydrogen-bond donors (Lipinski definition) is 0. The Morgan fingerprint density at radius 3 is 2.80 bits per heavy atom. The summed E-state index contributed by atoms with van der Waals surface area (Å²) in [6.45, 7) is 2.66. The molecule has 2 aromatic rings. The van der Waals surface area contributed by atoms with Crippen molar-refractivity contribution in [3.8, 4) is 0 Å². The molecule has 6 heteroatoms. The number of rotatable bonds is 6. The summed E-state index contributed by atoms with van der Waals surface area (Å²) in [5.41, 5.74) is 1.11. The molecular formula is C19H25N5O. The van der Waals surface area contributed by atoms with Gasteiger partial charge < -0.3 is 4.57 Å². The number of aromatic nitrogens is 4. The van der Waals surface area contributed by atoms with Gasteiger partial charge in [0.15, 0.2) is 0 Å². The molecule has 3 fully saturated rings. The van der Waals surface area contributed by atoms with E-state index in [1.54, 1.807) is 10.7 Å². The van der Waals surface area contributed by atoms with Crippen LogP contribution < -0.4 is 5.56 Å². The molecule has 2 aromatic heterocycles. The number of likely N-dealkylation sites (tertiary alicyclic amines) is 1. The summed E-state index contributed by atoms with van der Waals surface area (Å²) in [5.74, 6) is 1.75. The van der Waals surface area contributed by atoms with Crippen molar-refractivity contribution in [3.05, 3.63) is 46.4 Å². The van der Waals surface area contributed by atoms with Gasteiger partial charge in [0.2, 0.25) is 0 Å². The van der Waals surface area contributed by atoms with E-state index in [0.29, 0.717) is 24.5 Å². The lowest BCUT2D eigenvalue weighted by Crippen LogP contribution is -2.37. The van der Waals surface area contributed by atoms with Crippen molar-refractivity contribution in [3.63, 3.8) is 0 Å². The fraction of sp³-hybridized carbons (Fsp3) is 0.632. The van der Waals surface area contributed by atoms with Crippen LogP contribution in [0.5, 0.6) is 0 Å². The molecule has 0 aromatic carbocycles. The van der Waals surface area contributed by atoms with Gasteiger partial charge in [0.1, 0.15) is 5.82 Å². The van der Waals surface area contributed by atoms with Crippen molar-refractivity contribution in [2.45, 2.75) is 69.6 Å². The second kappa shape index (κ2) is 6.09. The fourth-order valence-corrected chi connectivity index (χ4v) is 4.04. The van der Waals surface area contributed by atoms with Crippen LogP contribution in [-0.4, -0.2) is 36.8 Å². The molecule has 3 aliphatic rings. The van der Waals surface area contributed by atoms with Gasteiger partial charge in [0.05, 0.1) is 18.8 Å². The molecule has 5 rings (SSSR count). The van der Waals surface area contributed by atoms with E-state index in [-0.39, 0.29) is 5.56 Å². The summed E-state index contributed by atoms with van der Waals surface area (Å²) in [5, 5.41) is 4.64. The van der Waals surface area contributed by atoms with E-state index in [9.17, 15) is 4.79 Å². The van der Waals surface area contributed by atoms with Gasteiger partial charge in [-0.2, -0.15) is 5.10 Å². The molecule has 132 valence electrons. The van der Waals surface area contributed by atoms with Crippen molar-refractivity contribution in [1.82, 2.24) is 24.2 Å². The highest BCUT2D eigenvalue weighted by Crippen LogP contribution is 2.38. The van der Waals surface area contributed by atoms with Gasteiger partial charge in [-0.15, -0.1) is 0 Å². The zero-order valence-corrected chi connectivity index (χ0v) is 14.5. The van der Waals surface area contributed by atoms with E-state index in [4.69, 9.17) is 0 Å². The summed E-state index contributed by atoms with van der Waals surface area (Å²) in [7, 11) is 0. The average molecular weight is 339 g/mol. The van der Waals surface area contributed by atoms with Gasteiger partial charge >= 0.3 is 0 Å². The maximum atomic E-state index is 12.2. The minimum Gasteiger partial charge on any atom is -0.331 e. The Labute approximate surface area is 147 Å². The quantitative estimate of drug-likeness (QED) is 0.810. The second-order valence-corrected chi connectivity index (χ2v) is 7.80. The van der Waals surface area contributed by atoms with Gasteiger partial charge in [-0.1, -0.05) is 0 Å². The predicted molar refractivity (Wildman–Crippen MR) is 94.4 cm³/mol. The average Bonchev–Trinajstić information content (AvgIpc) is 3.54. The van der Waals surface area contributed by atoms with E-state index in [0.717, 1.165) is 25.2 Å². The van der Waals surface area contributed by atoms with Gasteiger partial charge in [0, 0.05) is 36.5 Å². The molecule has 2 aliphatic carbocycles. The smallest absolute Gasteiger partial charge is 0.266 e. The first-order chi connectivity index (χ1) is 12.3. The van der Waals surface area contributed by atoms with Crippen LogP contribution in [0.3, 0.4) is 0 Å². The van der Waals surface area contributed by atoms with Gasteiger partial charge in [-0.25, -0.2) is 9.67 Å². The number of hydrogen-bond acceptors (Lipinski definition) is 4. The first-order valence-electron chi connectivity index (χ1n) is 9.62. The minimum atomic E-state index is 0.0238. The van der Waals surface area contributed by atoms with Crippen molar-refractivity contribution >= 4 is 0 Å². The summed E-state index contributed by atoms with van der Waals surface area (Å²) in [6, 6.07) is 4.65. The Morgan fingerprint density at radius 1 is 1.12 bits per heavy atom. The van der Waals surface area contributed by atoms with Crippen LogP contribution in [-0.2, 0) is 13.1 Å². The predicted octanol–water partition coefficient (Wildman–Crippen LogP) is 2.32. The number of imidazole rings is 1. The third kappa shape index (κ3) is 3.15. The molecule has 0 amide bonds. The maximum Gasteiger partial charge on any atom is 0.266 e. The molecule has 3 heterocycles. The Morgan fingerprint density at radius 2 is 2.00 bits per heavy atom. The minimum absolute atomic E-state index is 0.0238. The van der Waals surface area contributed by atoms with Crippen molar-refractivity contribution < 1.29 is 0 Å². The van der Waals surface area contributed by atoms with Gasteiger partial charge in [0.25, 0.3) is 5.56 Å². The van der Waals surface area contributed by atoms with E-state index in [2.05, 4.69) is 25.7 Å². The molecule has 1 unspecified atom stereocenters. The normalized spacial score (nSPS) is 24.1. The van der Waals surface area contributed by atoms with Crippen LogP contribution in [0.15, 0.2) is 29.3 Å². The molecule has 0 bridgehead atoms. The zero-order chi connectivity index (χ0) is 16.8. The lowest BCUT2D eigenvalue weighted by atomic mass is 10.2. The van der Waals surface area contributed by atoms with Crippen LogP contribution in [0.1, 0.15) is 62.0 Å². The largest absolute Gasteiger partial charge is 0.331 e. The third-order valence-corrected chi connectivity index (χ3v) is 5.80. The Bertz CT molecular complexity index is 817. The molecule has 1 saturated heterocycles. The third-order valence-electron chi connectivity index (χ3n) is 5.80. The first kappa shape index (κ1) is 15.3. The zero-order valence-electron chi connectivity index (χ0n) is 14.5. The SMILES string of the molecule is O=c1ccc(C2CC2)nn1CC1CCCN1Cc1nccn1C1CC1. The highest BCUT2D eigenvalue weighted by atomic mass is 16.1. The molecular weight excluding hydrogens is 314 g/mol. The second-order valence-electron chi connectivity index (χ2n) is 7.80. The molecule has 0 N–H and O–H groups in total. The highest BCUT2D eigenvalue weighted by molar-refractivity contribution is 5.12. The van der Waals surface area contributed by atoms with Crippen molar-refractivity contribution in [2.75, 3.05) is 6.54 Å². The van der Waals surface area contributed by atoms with Crippen molar-refractivity contribution in [1.29, 1.82) is 0 Å². The van der Waals surface area contributed by atoms with E-state index in [1.165, 1.54) is 37.9 Å². The van der Waals surface area contributed by atoms with Crippen LogP contribution in [0.25, 0.3) is 0 Å². The van der Waals surface area contributed by atoms with Crippen LogP contribution in [0, 0.1) is 0 Å². The summed E-state index contributed by atoms with van der Waals surface area (Å²) in [6.07, 6.45) is 11.3. The summed E-state index contributed by atoms with van der Waals surface area (Å²) < 4.78 is 4.04. The van der Waals surface area contributed by atoms with E-state index >= 15 is 0 Å². The molecule has 0 spiro atoms. The lowest BCUT2D eigenvalue weighted by molar-refractivity contribution is 0.209. The highest BCUT2D eigenvalue weighted by Gasteiger charge is 2.30. The topological polar surface area (TPSA) is 56.0 Å². The monoisotopic (exact) mass is 339 g/mol. The van der Waals surface area contributed by atoms with E-state index in [1.807, 2.05) is 12.3 Å². The lowest BCUT2D eigenvalue weighted by Gasteiger charge is -2.24. The van der Waals surface area contributed by atoms with E-state index < -0.39 is 0 Å². The van der Waals surface area contributed by atoms with Crippen LogP contribution >= 0.6 is 0 Å². The summed E-state index contributed by atoms with van der Waals surface area (Å²) >= 11 is 0. The molecule has 1 aliphatic heterocycles. The van der Waals surface area contributed by atoms with Crippen LogP contribution in [0.4, 0.5) is 0 Å². The van der Waals surface area contributed by atoms with Gasteiger partial charge in [-0.3, -0.25) is 9.69 Å². The van der Waals surface area contributed by atoms with Gasteiger partial charge in [-0.05, 0) is 51.1 Å². The Kier molecular flexibility index (Phi) is 3.73. The van der Waals surface area contributed by atoms with Crippen molar-refractivity contribution in [2.24, 2.45) is 0 Å². The molecule has 6 nitrogen and oxygen atoms in total. The molecule has 1 atom stereocenters. The van der Waals surface area contributed by atoms with Crippen LogP contribution in [0.2, 0.25) is 0 Å². The molecule has 2 saturated carbocycles.